The smallest absolute Gasteiger partial charge is 0.341 e. The molecule has 0 saturated carbocycles. The molecule has 0 aliphatic rings. The monoisotopic (exact) mass is 334 g/mol. The van der Waals surface area contributed by atoms with Crippen LogP contribution in [0.1, 0.15) is 29.9 Å². The Balaban J connectivity index is 2.41. The van der Waals surface area contributed by atoms with Crippen molar-refractivity contribution >= 4 is 21.9 Å². The number of carbonyl (C=O) groups excluding carboxylic acids is 1. The van der Waals surface area contributed by atoms with Crippen LogP contribution in [0.25, 0.3) is 11.4 Å². The quantitative estimate of drug-likeness (QED) is 0.801. The standard InChI is InChI=1S/C15H15BrN2O2/c1-3-13-12(15(19)20-4-2)9-17-14(18-13)10-6-5-7-11(16)8-10/h5-9H,3-4H2,1-2H3. The number of carbonyl (C=O) groups is 1. The van der Waals surface area contributed by atoms with E-state index in [-0.39, 0.29) is 5.97 Å². The van der Waals surface area contributed by atoms with Crippen LogP contribution >= 0.6 is 15.9 Å². The summed E-state index contributed by atoms with van der Waals surface area (Å²) in [5.41, 5.74) is 2.05. The van der Waals surface area contributed by atoms with E-state index in [1.54, 1.807) is 13.1 Å². The molecule has 0 aliphatic carbocycles. The van der Waals surface area contributed by atoms with Gasteiger partial charge in [-0.3, -0.25) is 0 Å². The van der Waals surface area contributed by atoms with E-state index in [0.29, 0.717) is 30.1 Å². The second-order valence-electron chi connectivity index (χ2n) is 4.14. The molecule has 1 aromatic heterocycles. The lowest BCUT2D eigenvalue weighted by molar-refractivity contribution is 0.0524. The Morgan fingerprint density at radius 3 is 2.80 bits per heavy atom. The minimum absolute atomic E-state index is 0.343. The molecule has 0 bridgehead atoms. The second-order valence-corrected chi connectivity index (χ2v) is 5.05. The lowest BCUT2D eigenvalue weighted by atomic mass is 10.1. The largest absolute Gasteiger partial charge is 0.462 e. The van der Waals surface area contributed by atoms with Crippen molar-refractivity contribution in [2.75, 3.05) is 6.61 Å². The Labute approximate surface area is 126 Å². The minimum Gasteiger partial charge on any atom is -0.462 e. The molecule has 104 valence electrons. The fourth-order valence-electron chi connectivity index (χ4n) is 1.83. The fraction of sp³-hybridized carbons (Fsp3) is 0.267. The topological polar surface area (TPSA) is 52.1 Å². The van der Waals surface area contributed by atoms with Gasteiger partial charge in [-0.2, -0.15) is 0 Å². The number of ether oxygens (including phenoxy) is 1. The lowest BCUT2D eigenvalue weighted by Crippen LogP contribution is -2.11. The summed E-state index contributed by atoms with van der Waals surface area (Å²) >= 11 is 3.42. The summed E-state index contributed by atoms with van der Waals surface area (Å²) < 4.78 is 5.97. The first-order valence-corrected chi connectivity index (χ1v) is 7.24. The van der Waals surface area contributed by atoms with E-state index in [0.717, 1.165) is 10.0 Å². The molecule has 0 radical (unpaired) electrons. The minimum atomic E-state index is -0.370. The van der Waals surface area contributed by atoms with E-state index in [9.17, 15) is 4.79 Å². The highest BCUT2D eigenvalue weighted by molar-refractivity contribution is 9.10. The van der Waals surface area contributed by atoms with Crippen molar-refractivity contribution in [2.45, 2.75) is 20.3 Å². The van der Waals surface area contributed by atoms with E-state index in [4.69, 9.17) is 4.74 Å². The second kappa shape index (κ2) is 6.61. The van der Waals surface area contributed by atoms with Crippen LogP contribution in [0, 0.1) is 0 Å². The first-order valence-electron chi connectivity index (χ1n) is 6.44. The SMILES string of the molecule is CCOC(=O)c1cnc(-c2cccc(Br)c2)nc1CC. The molecule has 0 saturated heterocycles. The van der Waals surface area contributed by atoms with Gasteiger partial charge in [-0.15, -0.1) is 0 Å². The van der Waals surface area contributed by atoms with E-state index < -0.39 is 0 Å². The zero-order valence-corrected chi connectivity index (χ0v) is 13.0. The van der Waals surface area contributed by atoms with Gasteiger partial charge in [-0.25, -0.2) is 14.8 Å². The number of nitrogens with zero attached hydrogens (tertiary/aromatic N) is 2. The van der Waals surface area contributed by atoms with Crippen molar-refractivity contribution in [1.82, 2.24) is 9.97 Å². The Morgan fingerprint density at radius 2 is 2.15 bits per heavy atom. The molecule has 2 rings (SSSR count). The first kappa shape index (κ1) is 14.7. The highest BCUT2D eigenvalue weighted by Crippen LogP contribution is 2.21. The summed E-state index contributed by atoms with van der Waals surface area (Å²) in [6, 6.07) is 7.74. The van der Waals surface area contributed by atoms with Gasteiger partial charge in [-0.1, -0.05) is 35.0 Å². The Bertz CT molecular complexity index is 629. The van der Waals surface area contributed by atoms with Crippen molar-refractivity contribution in [3.05, 3.63) is 46.2 Å². The van der Waals surface area contributed by atoms with Gasteiger partial charge in [0.1, 0.15) is 0 Å². The van der Waals surface area contributed by atoms with Crippen molar-refractivity contribution in [1.29, 1.82) is 0 Å². The first-order chi connectivity index (χ1) is 9.65. The highest BCUT2D eigenvalue weighted by Gasteiger charge is 2.15. The Kier molecular flexibility index (Phi) is 4.84. The van der Waals surface area contributed by atoms with Gasteiger partial charge in [-0.05, 0) is 25.5 Å². The number of rotatable bonds is 4. The maximum atomic E-state index is 11.8. The average molecular weight is 335 g/mol. The van der Waals surface area contributed by atoms with Crippen LogP contribution in [0.4, 0.5) is 0 Å². The van der Waals surface area contributed by atoms with Crippen LogP contribution in [0.3, 0.4) is 0 Å². The molecule has 20 heavy (non-hydrogen) atoms. The molecular weight excluding hydrogens is 320 g/mol. The summed E-state index contributed by atoms with van der Waals surface area (Å²) in [7, 11) is 0. The number of hydrogen-bond donors (Lipinski definition) is 0. The normalized spacial score (nSPS) is 10.3. The van der Waals surface area contributed by atoms with Crippen LogP contribution in [-0.2, 0) is 11.2 Å². The van der Waals surface area contributed by atoms with Gasteiger partial charge in [0.25, 0.3) is 0 Å². The van der Waals surface area contributed by atoms with Crippen LogP contribution < -0.4 is 0 Å². The number of aryl methyl sites for hydroxylation is 1. The molecule has 4 nitrogen and oxygen atoms in total. The predicted octanol–water partition coefficient (Wildman–Crippen LogP) is 3.65. The van der Waals surface area contributed by atoms with Gasteiger partial charge in [0.2, 0.25) is 0 Å². The summed E-state index contributed by atoms with van der Waals surface area (Å²) in [6.45, 7) is 4.07. The van der Waals surface area contributed by atoms with Crippen molar-refractivity contribution in [3.63, 3.8) is 0 Å². The van der Waals surface area contributed by atoms with Crippen LogP contribution in [0.15, 0.2) is 34.9 Å². The zero-order chi connectivity index (χ0) is 14.5. The summed E-state index contributed by atoms with van der Waals surface area (Å²) in [4.78, 5) is 20.6. The van der Waals surface area contributed by atoms with E-state index in [2.05, 4.69) is 25.9 Å². The Morgan fingerprint density at radius 1 is 1.35 bits per heavy atom. The Hall–Kier alpha value is -1.75. The van der Waals surface area contributed by atoms with Crippen molar-refractivity contribution in [2.24, 2.45) is 0 Å². The third-order valence-electron chi connectivity index (χ3n) is 2.78. The van der Waals surface area contributed by atoms with Crippen LogP contribution in [0.5, 0.6) is 0 Å². The number of hydrogen-bond acceptors (Lipinski definition) is 4. The number of esters is 1. The van der Waals surface area contributed by atoms with Gasteiger partial charge in [0.05, 0.1) is 17.9 Å². The van der Waals surface area contributed by atoms with Gasteiger partial charge < -0.3 is 4.74 Å². The molecule has 1 aromatic carbocycles. The molecule has 0 N–H and O–H groups in total. The summed E-state index contributed by atoms with van der Waals surface area (Å²) in [5, 5.41) is 0. The molecule has 0 amide bonds. The molecule has 0 aliphatic heterocycles. The lowest BCUT2D eigenvalue weighted by Gasteiger charge is -2.08. The summed E-state index contributed by atoms with van der Waals surface area (Å²) in [5.74, 6) is 0.237. The van der Waals surface area contributed by atoms with Gasteiger partial charge in [0, 0.05) is 16.2 Å². The van der Waals surface area contributed by atoms with E-state index in [1.165, 1.54) is 0 Å². The average Bonchev–Trinajstić information content (AvgIpc) is 2.46. The number of halogens is 1. The molecule has 5 heteroatoms. The van der Waals surface area contributed by atoms with Gasteiger partial charge in [0.15, 0.2) is 5.82 Å². The fourth-order valence-corrected chi connectivity index (χ4v) is 2.23. The number of benzene rings is 1. The van der Waals surface area contributed by atoms with Crippen molar-refractivity contribution < 1.29 is 9.53 Å². The maximum Gasteiger partial charge on any atom is 0.341 e. The van der Waals surface area contributed by atoms with Crippen LogP contribution in [-0.4, -0.2) is 22.5 Å². The third kappa shape index (κ3) is 3.22. The zero-order valence-electron chi connectivity index (χ0n) is 11.4. The van der Waals surface area contributed by atoms with E-state index >= 15 is 0 Å². The molecule has 0 spiro atoms. The molecular formula is C15H15BrN2O2. The van der Waals surface area contributed by atoms with E-state index in [1.807, 2.05) is 31.2 Å². The molecule has 2 aromatic rings. The van der Waals surface area contributed by atoms with Gasteiger partial charge >= 0.3 is 5.97 Å². The highest BCUT2D eigenvalue weighted by atomic mass is 79.9. The van der Waals surface area contributed by atoms with Crippen molar-refractivity contribution in [3.8, 4) is 11.4 Å². The molecule has 0 unspecified atom stereocenters. The molecule has 1 heterocycles. The summed E-state index contributed by atoms with van der Waals surface area (Å²) in [6.07, 6.45) is 2.19. The molecule has 0 atom stereocenters. The predicted molar refractivity (Wildman–Crippen MR) is 80.5 cm³/mol. The maximum absolute atomic E-state index is 11.8. The molecule has 0 fully saturated rings. The number of aromatic nitrogens is 2. The van der Waals surface area contributed by atoms with Crippen LogP contribution in [0.2, 0.25) is 0 Å². The third-order valence-corrected chi connectivity index (χ3v) is 3.27.